The molecule has 14 heavy (non-hydrogen) atoms. The van der Waals surface area contributed by atoms with E-state index in [2.05, 4.69) is 0 Å². The van der Waals surface area contributed by atoms with Crippen molar-refractivity contribution in [1.29, 1.82) is 0 Å². The summed E-state index contributed by atoms with van der Waals surface area (Å²) in [7, 11) is 0. The maximum atomic E-state index is 10.3. The van der Waals surface area contributed by atoms with E-state index in [-0.39, 0.29) is 11.5 Å². The van der Waals surface area contributed by atoms with Crippen molar-refractivity contribution in [2.24, 2.45) is 5.73 Å². The van der Waals surface area contributed by atoms with E-state index in [0.29, 0.717) is 4.88 Å². The molecular formula is C7H10N2O4S. The molecule has 0 fully saturated rings. The van der Waals surface area contributed by atoms with Crippen LogP contribution in [0, 0.1) is 10.1 Å². The molecule has 1 rings (SSSR count). The number of rotatable bonds is 4. The molecule has 6 nitrogen and oxygen atoms in total. The van der Waals surface area contributed by atoms with E-state index in [1.165, 1.54) is 12.1 Å². The van der Waals surface area contributed by atoms with Crippen LogP contribution in [-0.2, 0) is 0 Å². The molecule has 7 heteroatoms. The number of hydrogen-bond donors (Lipinski definition) is 3. The fraction of sp³-hybridized carbons (Fsp3) is 0.429. The van der Waals surface area contributed by atoms with Gasteiger partial charge in [0.05, 0.1) is 11.0 Å². The van der Waals surface area contributed by atoms with Gasteiger partial charge in [-0.25, -0.2) is 0 Å². The van der Waals surface area contributed by atoms with Crippen LogP contribution in [0.1, 0.15) is 11.0 Å². The molecule has 4 N–H and O–H groups in total. The molecule has 0 aromatic carbocycles. The number of aliphatic hydroxyl groups is 2. The van der Waals surface area contributed by atoms with Gasteiger partial charge in [0.25, 0.3) is 0 Å². The zero-order valence-corrected chi connectivity index (χ0v) is 7.98. The third kappa shape index (κ3) is 2.26. The molecule has 1 aromatic heterocycles. The molecule has 2 unspecified atom stereocenters. The smallest absolute Gasteiger partial charge is 0.324 e. The first kappa shape index (κ1) is 11.1. The Labute approximate surface area is 83.7 Å². The summed E-state index contributed by atoms with van der Waals surface area (Å²) < 4.78 is 0. The predicted molar refractivity (Wildman–Crippen MR) is 51.0 cm³/mol. The third-order valence-electron chi connectivity index (χ3n) is 1.69. The zero-order chi connectivity index (χ0) is 10.7. The second kappa shape index (κ2) is 4.47. The van der Waals surface area contributed by atoms with Gasteiger partial charge >= 0.3 is 5.00 Å². The van der Waals surface area contributed by atoms with Crippen molar-refractivity contribution < 1.29 is 15.1 Å². The van der Waals surface area contributed by atoms with Crippen LogP contribution in [0.3, 0.4) is 0 Å². The number of aliphatic hydroxyl groups excluding tert-OH is 2. The van der Waals surface area contributed by atoms with E-state index < -0.39 is 17.1 Å². The Morgan fingerprint density at radius 1 is 1.57 bits per heavy atom. The molecule has 0 aliphatic heterocycles. The van der Waals surface area contributed by atoms with E-state index in [1.54, 1.807) is 0 Å². The average molecular weight is 218 g/mol. The van der Waals surface area contributed by atoms with Crippen molar-refractivity contribution in [3.05, 3.63) is 27.1 Å². The highest BCUT2D eigenvalue weighted by Gasteiger charge is 2.21. The summed E-state index contributed by atoms with van der Waals surface area (Å²) in [5, 5.41) is 28.9. The van der Waals surface area contributed by atoms with Crippen LogP contribution in [0.15, 0.2) is 12.1 Å². The van der Waals surface area contributed by atoms with Crippen LogP contribution in [0.25, 0.3) is 0 Å². The van der Waals surface area contributed by atoms with Gasteiger partial charge in [0, 0.05) is 17.5 Å². The minimum absolute atomic E-state index is 0.0664. The summed E-state index contributed by atoms with van der Waals surface area (Å²) in [6, 6.07) is 2.69. The van der Waals surface area contributed by atoms with Gasteiger partial charge in [-0.05, 0) is 6.07 Å². The van der Waals surface area contributed by atoms with Crippen molar-refractivity contribution >= 4 is 16.3 Å². The maximum absolute atomic E-state index is 10.3. The van der Waals surface area contributed by atoms with E-state index in [1.807, 2.05) is 0 Å². The van der Waals surface area contributed by atoms with Gasteiger partial charge in [0.15, 0.2) is 0 Å². The lowest BCUT2D eigenvalue weighted by Gasteiger charge is -2.13. The summed E-state index contributed by atoms with van der Waals surface area (Å²) >= 11 is 0.828. The molecule has 0 radical (unpaired) electrons. The molecule has 0 amide bonds. The van der Waals surface area contributed by atoms with Crippen molar-refractivity contribution in [1.82, 2.24) is 0 Å². The number of thiophene rings is 1. The van der Waals surface area contributed by atoms with E-state index in [0.717, 1.165) is 11.3 Å². The fourth-order valence-corrected chi connectivity index (χ4v) is 1.78. The molecule has 1 heterocycles. The van der Waals surface area contributed by atoms with E-state index in [9.17, 15) is 20.3 Å². The number of nitrogens with two attached hydrogens (primary N) is 1. The largest absolute Gasteiger partial charge is 0.389 e. The minimum Gasteiger partial charge on any atom is -0.389 e. The summed E-state index contributed by atoms with van der Waals surface area (Å²) in [4.78, 5) is 10.1. The van der Waals surface area contributed by atoms with Crippen LogP contribution in [-0.4, -0.2) is 27.8 Å². The predicted octanol–water partition coefficient (Wildman–Crippen LogP) is 0.00930. The molecule has 0 bridgehead atoms. The summed E-state index contributed by atoms with van der Waals surface area (Å²) in [5.41, 5.74) is 5.14. The van der Waals surface area contributed by atoms with Crippen LogP contribution in [0.4, 0.5) is 5.00 Å². The highest BCUT2D eigenvalue weighted by atomic mass is 32.1. The molecule has 0 aliphatic carbocycles. The molecule has 1 aromatic rings. The van der Waals surface area contributed by atoms with Crippen LogP contribution in [0.5, 0.6) is 0 Å². The Morgan fingerprint density at radius 3 is 2.64 bits per heavy atom. The third-order valence-corrected chi connectivity index (χ3v) is 2.80. The van der Waals surface area contributed by atoms with E-state index in [4.69, 9.17) is 5.73 Å². The monoisotopic (exact) mass is 218 g/mol. The van der Waals surface area contributed by atoms with E-state index >= 15 is 0 Å². The second-order valence-electron chi connectivity index (χ2n) is 2.68. The fourth-order valence-electron chi connectivity index (χ4n) is 0.918. The number of nitro groups is 1. The van der Waals surface area contributed by atoms with Crippen molar-refractivity contribution in [3.8, 4) is 0 Å². The summed E-state index contributed by atoms with van der Waals surface area (Å²) in [5.74, 6) is 0. The van der Waals surface area contributed by atoms with Gasteiger partial charge in [-0.2, -0.15) is 0 Å². The lowest BCUT2D eigenvalue weighted by molar-refractivity contribution is -0.380. The minimum atomic E-state index is -1.15. The standard InChI is InChI=1S/C7H10N2O4S/c8-3-4(10)7(11)5-1-2-6(14-5)9(12)13/h1-2,4,7,10-11H,3,8H2. The second-order valence-corrected chi connectivity index (χ2v) is 3.77. The Bertz CT molecular complexity index is 327. The Balaban J connectivity index is 2.81. The topological polar surface area (TPSA) is 110 Å². The van der Waals surface area contributed by atoms with Gasteiger partial charge in [-0.1, -0.05) is 11.3 Å². The number of nitrogens with zero attached hydrogens (tertiary/aromatic N) is 1. The maximum Gasteiger partial charge on any atom is 0.324 e. The van der Waals surface area contributed by atoms with Crippen molar-refractivity contribution in [3.63, 3.8) is 0 Å². The first-order valence-electron chi connectivity index (χ1n) is 3.86. The SMILES string of the molecule is NCC(O)C(O)c1ccc([N+](=O)[O-])s1. The molecule has 0 aliphatic rings. The molecule has 78 valence electrons. The quantitative estimate of drug-likeness (QED) is 0.487. The first-order chi connectivity index (χ1) is 6.56. The summed E-state index contributed by atoms with van der Waals surface area (Å²) in [6.07, 6.45) is -2.24. The molecule has 0 saturated carbocycles. The van der Waals surface area contributed by atoms with Gasteiger partial charge in [0.2, 0.25) is 0 Å². The zero-order valence-electron chi connectivity index (χ0n) is 7.16. The van der Waals surface area contributed by atoms with Gasteiger partial charge in [-0.15, -0.1) is 0 Å². The van der Waals surface area contributed by atoms with Gasteiger partial charge < -0.3 is 15.9 Å². The van der Waals surface area contributed by atoms with Crippen LogP contribution in [0.2, 0.25) is 0 Å². The molecule has 0 saturated heterocycles. The summed E-state index contributed by atoms with van der Waals surface area (Å²) in [6.45, 7) is -0.0904. The van der Waals surface area contributed by atoms with Crippen LogP contribution < -0.4 is 5.73 Å². The highest BCUT2D eigenvalue weighted by molar-refractivity contribution is 7.15. The van der Waals surface area contributed by atoms with Crippen LogP contribution >= 0.6 is 11.3 Å². The molecular weight excluding hydrogens is 208 g/mol. The average Bonchev–Trinajstić information content (AvgIpc) is 2.64. The lowest BCUT2D eigenvalue weighted by Crippen LogP contribution is -2.26. The molecule has 2 atom stereocenters. The van der Waals surface area contributed by atoms with Crippen molar-refractivity contribution in [2.45, 2.75) is 12.2 Å². The lowest BCUT2D eigenvalue weighted by atomic mass is 10.2. The van der Waals surface area contributed by atoms with Gasteiger partial charge in [-0.3, -0.25) is 10.1 Å². The van der Waals surface area contributed by atoms with Crippen molar-refractivity contribution in [2.75, 3.05) is 6.54 Å². The number of hydrogen-bond acceptors (Lipinski definition) is 6. The Kier molecular flexibility index (Phi) is 3.53. The highest BCUT2D eigenvalue weighted by Crippen LogP contribution is 2.30. The normalized spacial score (nSPS) is 15.1. The Hall–Kier alpha value is -1.02. The first-order valence-corrected chi connectivity index (χ1v) is 4.68. The van der Waals surface area contributed by atoms with Gasteiger partial charge in [0.1, 0.15) is 6.10 Å². The molecule has 0 spiro atoms. The Morgan fingerprint density at radius 2 is 2.21 bits per heavy atom.